The first kappa shape index (κ1) is 89.7. The van der Waals surface area contributed by atoms with Crippen LogP contribution in [0.3, 0.4) is 0 Å². The summed E-state index contributed by atoms with van der Waals surface area (Å²) >= 11 is 6.21. The van der Waals surface area contributed by atoms with Crippen LogP contribution in [0.15, 0.2) is 0 Å². The van der Waals surface area contributed by atoms with E-state index in [0.29, 0.717) is 96.3 Å². The molecule has 3 unspecified atom stereocenters. The number of esters is 3. The zero-order valence-electron chi connectivity index (χ0n) is 60.6. The summed E-state index contributed by atoms with van der Waals surface area (Å²) in [5.41, 5.74) is 0. The maximum Gasteiger partial charge on any atom is 0.315 e. The molecule has 5 N–H and O–H groups in total. The molecule has 20 heteroatoms. The molecule has 0 aromatic heterocycles. The van der Waals surface area contributed by atoms with Crippen LogP contribution >= 0.6 is 24.4 Å². The lowest BCUT2D eigenvalue weighted by Crippen LogP contribution is -2.36. The van der Waals surface area contributed by atoms with E-state index in [4.69, 9.17) is 28.4 Å². The van der Waals surface area contributed by atoms with Crippen LogP contribution in [-0.4, -0.2) is 150 Å². The Labute approximate surface area is 588 Å². The van der Waals surface area contributed by atoms with E-state index in [1.807, 2.05) is 11.8 Å². The highest BCUT2D eigenvalue weighted by molar-refractivity contribution is 8.00. The highest BCUT2D eigenvalue weighted by Crippen LogP contribution is 2.33. The number of amides is 5. The van der Waals surface area contributed by atoms with Gasteiger partial charge in [-0.2, -0.15) is 24.4 Å². The van der Waals surface area contributed by atoms with Gasteiger partial charge >= 0.3 is 23.9 Å². The summed E-state index contributed by atoms with van der Waals surface area (Å²) in [5.74, 6) is 1.12. The Morgan fingerprint density at radius 2 is 0.821 bits per heavy atom. The minimum Gasteiger partial charge on any atom is -0.462 e. The van der Waals surface area contributed by atoms with Gasteiger partial charge < -0.3 is 55.0 Å². The smallest absolute Gasteiger partial charge is 0.315 e. The van der Waals surface area contributed by atoms with E-state index in [0.717, 1.165) is 147 Å². The largest absolute Gasteiger partial charge is 0.462 e. The Bertz CT molecular complexity index is 1840. The molecule has 0 aliphatic carbocycles. The summed E-state index contributed by atoms with van der Waals surface area (Å²) in [6.45, 7) is 9.25. The molecular weight excluding hydrogens is 1240 g/mol. The highest BCUT2D eigenvalue weighted by Gasteiger charge is 2.42. The monoisotopic (exact) mass is 1380 g/mol. The van der Waals surface area contributed by atoms with E-state index in [1.54, 1.807) is 7.05 Å². The van der Waals surface area contributed by atoms with Gasteiger partial charge in [-0.25, -0.2) is 4.79 Å². The van der Waals surface area contributed by atoms with Gasteiger partial charge in [0.25, 0.3) is 0 Å². The molecule has 2 heterocycles. The van der Waals surface area contributed by atoms with Crippen molar-refractivity contribution in [2.45, 2.75) is 352 Å². The molecule has 2 rings (SSSR count). The fourth-order valence-electron chi connectivity index (χ4n) is 11.8. The van der Waals surface area contributed by atoms with Gasteiger partial charge in [-0.1, -0.05) is 226 Å². The average Bonchev–Trinajstić information content (AvgIpc) is 1.68. The number of hydrogen-bond acceptors (Lipinski definition) is 15. The first-order valence-electron chi connectivity index (χ1n) is 38.8. The fourth-order valence-corrected chi connectivity index (χ4v) is 13.5. The first-order chi connectivity index (χ1) is 46.5. The Morgan fingerprint density at radius 1 is 0.432 bits per heavy atom. The molecule has 2 fully saturated rings. The lowest BCUT2D eigenvalue weighted by molar-refractivity contribution is -0.167. The Morgan fingerprint density at radius 3 is 1.28 bits per heavy atom. The van der Waals surface area contributed by atoms with Crippen LogP contribution in [0.4, 0.5) is 4.79 Å². The maximum absolute atomic E-state index is 12.8. The SMILES string of the molecule is CCCCCCCCCCCCCCCCCC(=O)OC[C@H](COC(=O)CCCCCCCCCCCNC(=O)CCCC(=O)NC)OC(=O)CCCCCCCCCCCCCCCS.CCCOCCOCCOCCCNC(=O)CCCCC1SCC2NC(=O)NC21. The van der Waals surface area contributed by atoms with E-state index in [9.17, 15) is 33.6 Å². The molecular formula is C75H141N5O13S2. The zero-order valence-corrected chi connectivity index (χ0v) is 62.3. The summed E-state index contributed by atoms with van der Waals surface area (Å²) in [7, 11) is 1.60. The van der Waals surface area contributed by atoms with Gasteiger partial charge in [-0.05, 0) is 70.0 Å². The van der Waals surface area contributed by atoms with E-state index in [1.165, 1.54) is 141 Å². The topological polar surface area (TPSA) is 235 Å². The average molecular weight is 1390 g/mol. The minimum atomic E-state index is -0.800. The Hall–Kier alpha value is -3.33. The lowest BCUT2D eigenvalue weighted by atomic mass is 10.0. The standard InChI is InChI=1S/C55H104N2O8S.C20H37N3O5S/c1-3-4-5-6-7-8-9-10-11-13-16-20-25-30-35-43-53(60)63-48-50(65-55(62)45-37-32-27-21-17-14-12-15-18-24-29-34-39-47-66)49-64-54(61)44-36-31-26-22-19-23-28-33-38-46-57-52(59)42-40-41-51(58)56-2;1-2-9-26-11-13-28-14-12-27-10-5-8-21-18(24)7-4-3-6-17-19-16(15-29-17)22-20(25)23-19/h50,66H,3-49H2,1-2H3,(H,56,58)(H,57,59);16-17,19H,2-15H2,1H3,(H,21,24)(H2,22,23,25)/t50-;/m1./s1. The van der Waals surface area contributed by atoms with Crippen molar-refractivity contribution >= 4 is 66.1 Å². The summed E-state index contributed by atoms with van der Waals surface area (Å²) < 4.78 is 33.0. The third kappa shape index (κ3) is 60.4. The highest BCUT2D eigenvalue weighted by atomic mass is 32.2. The summed E-state index contributed by atoms with van der Waals surface area (Å²) in [6.07, 6.45) is 51.0. The summed E-state index contributed by atoms with van der Waals surface area (Å²) in [6, 6.07) is 0.480. The molecule has 0 saturated carbocycles. The quantitative estimate of drug-likeness (QED) is 0.0109. The van der Waals surface area contributed by atoms with Crippen LogP contribution < -0.4 is 26.6 Å². The molecule has 95 heavy (non-hydrogen) atoms. The van der Waals surface area contributed by atoms with Crippen LogP contribution in [0.25, 0.3) is 0 Å². The number of nitrogens with one attached hydrogen (secondary N) is 5. The van der Waals surface area contributed by atoms with Crippen molar-refractivity contribution in [2.24, 2.45) is 0 Å². The lowest BCUT2D eigenvalue weighted by Gasteiger charge is -2.18. The van der Waals surface area contributed by atoms with Gasteiger partial charge in [-0.15, -0.1) is 0 Å². The van der Waals surface area contributed by atoms with Crippen LogP contribution in [0.2, 0.25) is 0 Å². The number of carbonyl (C=O) groups excluding carboxylic acids is 7. The van der Waals surface area contributed by atoms with E-state index in [-0.39, 0.29) is 67.0 Å². The van der Waals surface area contributed by atoms with Crippen molar-refractivity contribution in [2.75, 3.05) is 84.5 Å². The molecule has 18 nitrogen and oxygen atoms in total. The molecule has 0 aromatic rings. The van der Waals surface area contributed by atoms with Gasteiger partial charge in [-0.3, -0.25) is 28.8 Å². The second kappa shape index (κ2) is 69.2. The number of ether oxygens (including phenoxy) is 6. The van der Waals surface area contributed by atoms with Gasteiger partial charge in [0, 0.05) is 82.9 Å². The Kier molecular flexibility index (Phi) is 65.3. The second-order valence-corrected chi connectivity index (χ2v) is 28.2. The molecule has 0 spiro atoms. The number of fused-ring (bicyclic) bond motifs is 1. The summed E-state index contributed by atoms with van der Waals surface area (Å²) in [5, 5.41) is 14.9. The predicted octanol–water partition coefficient (Wildman–Crippen LogP) is 16.2. The van der Waals surface area contributed by atoms with Crippen molar-refractivity contribution in [3.8, 4) is 0 Å². The van der Waals surface area contributed by atoms with E-state index >= 15 is 0 Å². The molecule has 0 bridgehead atoms. The number of rotatable bonds is 69. The molecule has 2 aliphatic rings. The third-order valence-electron chi connectivity index (χ3n) is 17.6. The molecule has 4 atom stereocenters. The van der Waals surface area contributed by atoms with Crippen LogP contribution in [0, 0.1) is 0 Å². The Balaban J connectivity index is 0.00000128. The van der Waals surface area contributed by atoms with Crippen LogP contribution in [0.5, 0.6) is 0 Å². The van der Waals surface area contributed by atoms with Gasteiger partial charge in [0.05, 0.1) is 38.5 Å². The number of urea groups is 1. The second-order valence-electron chi connectivity index (χ2n) is 26.5. The van der Waals surface area contributed by atoms with Crippen LogP contribution in [-0.2, 0) is 57.2 Å². The number of carbonyl (C=O) groups is 7. The minimum absolute atomic E-state index is 0.0111. The van der Waals surface area contributed by atoms with Gasteiger partial charge in [0.1, 0.15) is 13.2 Å². The number of hydrogen-bond donors (Lipinski definition) is 6. The van der Waals surface area contributed by atoms with Crippen molar-refractivity contribution in [3.63, 3.8) is 0 Å². The van der Waals surface area contributed by atoms with Crippen molar-refractivity contribution in [3.05, 3.63) is 0 Å². The normalized spacial score (nSPS) is 15.1. The maximum atomic E-state index is 12.8. The third-order valence-corrected chi connectivity index (χ3v) is 19.4. The molecule has 0 aromatic carbocycles. The number of thiol groups is 1. The molecule has 0 radical (unpaired) electrons. The zero-order chi connectivity index (χ0) is 69.0. The summed E-state index contributed by atoms with van der Waals surface area (Å²) in [4.78, 5) is 84.5. The molecule has 2 aliphatic heterocycles. The van der Waals surface area contributed by atoms with Crippen molar-refractivity contribution in [1.82, 2.24) is 26.6 Å². The molecule has 5 amide bonds. The van der Waals surface area contributed by atoms with Crippen molar-refractivity contribution in [1.29, 1.82) is 0 Å². The molecule has 556 valence electrons. The predicted molar refractivity (Wildman–Crippen MR) is 391 cm³/mol. The number of thioether (sulfide) groups is 1. The van der Waals surface area contributed by atoms with Crippen LogP contribution in [0.1, 0.15) is 328 Å². The van der Waals surface area contributed by atoms with E-state index in [2.05, 4.69) is 53.1 Å². The fraction of sp³-hybridized carbons (Fsp3) is 0.907. The van der Waals surface area contributed by atoms with Gasteiger partial charge in [0.2, 0.25) is 17.7 Å². The molecule has 2 saturated heterocycles. The van der Waals surface area contributed by atoms with Gasteiger partial charge in [0.15, 0.2) is 6.10 Å². The van der Waals surface area contributed by atoms with E-state index < -0.39 is 6.10 Å². The van der Waals surface area contributed by atoms with Crippen molar-refractivity contribution < 1.29 is 62.0 Å². The number of unbranched alkanes of at least 4 members (excludes halogenated alkanes) is 35. The first-order valence-corrected chi connectivity index (χ1v) is 40.5.